The summed E-state index contributed by atoms with van der Waals surface area (Å²) in [5.41, 5.74) is 1.24. The second-order valence-electron chi connectivity index (χ2n) is 10.0. The second kappa shape index (κ2) is 10.4. The van der Waals surface area contributed by atoms with Gasteiger partial charge in [0, 0.05) is 32.6 Å². The zero-order chi connectivity index (χ0) is 25.0. The van der Waals surface area contributed by atoms with Crippen LogP contribution < -0.4 is 0 Å². The Morgan fingerprint density at radius 1 is 0.943 bits per heavy atom. The van der Waals surface area contributed by atoms with Crippen LogP contribution in [0.3, 0.4) is 0 Å². The molecule has 2 aliphatic rings. The number of carbonyl (C=O) groups is 3. The van der Waals surface area contributed by atoms with E-state index < -0.39 is 17.6 Å². The van der Waals surface area contributed by atoms with Gasteiger partial charge in [-0.05, 0) is 31.9 Å². The molecule has 2 aliphatic heterocycles. The Bertz CT molecular complexity index is 1040. The first-order chi connectivity index (χ1) is 16.7. The molecule has 1 unspecified atom stereocenters. The third kappa shape index (κ3) is 6.12. The smallest absolute Gasteiger partial charge is 0.410 e. The van der Waals surface area contributed by atoms with Crippen LogP contribution >= 0.6 is 0 Å². The summed E-state index contributed by atoms with van der Waals surface area (Å²) < 4.78 is 11.2. The molecule has 0 bridgehead atoms. The summed E-state index contributed by atoms with van der Waals surface area (Å²) in [7, 11) is 0. The van der Waals surface area contributed by atoms with Crippen molar-refractivity contribution in [1.82, 2.24) is 14.7 Å². The lowest BCUT2D eigenvalue weighted by atomic mass is 10.0. The van der Waals surface area contributed by atoms with Crippen molar-refractivity contribution in [2.75, 3.05) is 26.2 Å². The fourth-order valence-electron chi connectivity index (χ4n) is 4.47. The lowest BCUT2D eigenvalue weighted by Crippen LogP contribution is -2.54. The number of hydrogen-bond donors (Lipinski definition) is 0. The maximum absolute atomic E-state index is 13.4. The van der Waals surface area contributed by atoms with Crippen molar-refractivity contribution in [1.29, 1.82) is 0 Å². The number of urea groups is 1. The maximum atomic E-state index is 13.4. The fourth-order valence-corrected chi connectivity index (χ4v) is 4.47. The summed E-state index contributed by atoms with van der Waals surface area (Å²) in [6, 6.07) is 17.9. The summed E-state index contributed by atoms with van der Waals surface area (Å²) >= 11 is 0. The van der Waals surface area contributed by atoms with Crippen LogP contribution in [-0.4, -0.2) is 76.7 Å². The lowest BCUT2D eigenvalue weighted by Gasteiger charge is -2.37. The molecule has 4 rings (SSSR count). The highest BCUT2D eigenvalue weighted by Crippen LogP contribution is 2.26. The Morgan fingerprint density at radius 2 is 1.57 bits per heavy atom. The van der Waals surface area contributed by atoms with Crippen LogP contribution in [0.1, 0.15) is 31.9 Å². The average Bonchev–Trinajstić information content (AvgIpc) is 3.16. The largest absolute Gasteiger partial charge is 0.459 e. The first-order valence-corrected chi connectivity index (χ1v) is 12.0. The molecular weight excluding hydrogens is 446 g/mol. The van der Waals surface area contributed by atoms with E-state index >= 15 is 0 Å². The lowest BCUT2D eigenvalue weighted by molar-refractivity contribution is -0.150. The van der Waals surface area contributed by atoms with E-state index in [9.17, 15) is 14.4 Å². The van der Waals surface area contributed by atoms with Crippen molar-refractivity contribution in [2.45, 2.75) is 51.5 Å². The third-order valence-electron chi connectivity index (χ3n) is 6.18. The van der Waals surface area contributed by atoms with Crippen molar-refractivity contribution in [3.05, 3.63) is 71.8 Å². The van der Waals surface area contributed by atoms with Gasteiger partial charge in [-0.2, -0.15) is 0 Å². The van der Waals surface area contributed by atoms with Gasteiger partial charge < -0.3 is 24.2 Å². The Kier molecular flexibility index (Phi) is 7.28. The molecule has 8 heteroatoms. The van der Waals surface area contributed by atoms with E-state index in [1.54, 1.807) is 14.7 Å². The maximum Gasteiger partial charge on any atom is 0.410 e. The van der Waals surface area contributed by atoms with Gasteiger partial charge in [-0.15, -0.1) is 0 Å². The summed E-state index contributed by atoms with van der Waals surface area (Å²) in [5.74, 6) is -0.435. The van der Waals surface area contributed by atoms with Crippen LogP contribution in [0.15, 0.2) is 60.7 Å². The molecule has 2 aromatic carbocycles. The number of esters is 1. The standard InChI is InChI=1S/C27H33N3O5/c1-27(2,3)35-26(33)28-14-15-29-22(17-28)18-30(25(29)32)23(16-20-10-6-4-7-11-20)24(31)34-19-21-12-8-5-9-13-21/h4-13,22-23H,14-19H2,1-3H3/t22?,23-/m1/s1. The summed E-state index contributed by atoms with van der Waals surface area (Å²) in [6.45, 7) is 7.14. The van der Waals surface area contributed by atoms with E-state index in [0.717, 1.165) is 11.1 Å². The molecule has 2 atom stereocenters. The Balaban J connectivity index is 1.48. The van der Waals surface area contributed by atoms with E-state index in [-0.39, 0.29) is 24.8 Å². The molecule has 0 spiro atoms. The number of hydrogen-bond acceptors (Lipinski definition) is 5. The highest BCUT2D eigenvalue weighted by atomic mass is 16.6. The number of ether oxygens (including phenoxy) is 2. The predicted molar refractivity (Wildman–Crippen MR) is 131 cm³/mol. The number of rotatable bonds is 6. The van der Waals surface area contributed by atoms with E-state index in [0.29, 0.717) is 32.6 Å². The van der Waals surface area contributed by atoms with E-state index in [2.05, 4.69) is 0 Å². The molecule has 8 nitrogen and oxygen atoms in total. The number of amides is 3. The average molecular weight is 480 g/mol. The van der Waals surface area contributed by atoms with Gasteiger partial charge in [0.1, 0.15) is 18.2 Å². The zero-order valence-electron chi connectivity index (χ0n) is 20.6. The monoisotopic (exact) mass is 479 g/mol. The minimum atomic E-state index is -0.755. The first kappa shape index (κ1) is 24.6. The Morgan fingerprint density at radius 3 is 2.20 bits per heavy atom. The first-order valence-electron chi connectivity index (χ1n) is 12.0. The highest BCUT2D eigenvalue weighted by molar-refractivity contribution is 5.86. The van der Waals surface area contributed by atoms with E-state index in [4.69, 9.17) is 9.47 Å². The highest BCUT2D eigenvalue weighted by Gasteiger charge is 2.46. The van der Waals surface area contributed by atoms with Gasteiger partial charge in [0.2, 0.25) is 0 Å². The summed E-state index contributed by atoms with van der Waals surface area (Å²) in [5, 5.41) is 0. The fraction of sp³-hybridized carbons (Fsp3) is 0.444. The Hall–Kier alpha value is -3.55. The van der Waals surface area contributed by atoms with Crippen molar-refractivity contribution < 1.29 is 23.9 Å². The SMILES string of the molecule is CC(C)(C)OC(=O)N1CCN2C(=O)N([C@H](Cc3ccccc3)C(=O)OCc3ccccc3)CC2C1. The number of nitrogens with zero attached hydrogens (tertiary/aromatic N) is 3. The molecule has 0 aliphatic carbocycles. The van der Waals surface area contributed by atoms with Crippen LogP contribution in [-0.2, 0) is 27.3 Å². The molecule has 0 aromatic heterocycles. The van der Waals surface area contributed by atoms with Crippen molar-refractivity contribution in [2.24, 2.45) is 0 Å². The van der Waals surface area contributed by atoms with Crippen LogP contribution in [0.5, 0.6) is 0 Å². The zero-order valence-corrected chi connectivity index (χ0v) is 20.6. The molecule has 0 N–H and O–H groups in total. The minimum Gasteiger partial charge on any atom is -0.459 e. The van der Waals surface area contributed by atoms with Crippen molar-refractivity contribution in [3.63, 3.8) is 0 Å². The second-order valence-corrected chi connectivity index (χ2v) is 10.0. The van der Waals surface area contributed by atoms with Gasteiger partial charge in [0.25, 0.3) is 0 Å². The van der Waals surface area contributed by atoms with Crippen LogP contribution in [0, 0.1) is 0 Å². The van der Waals surface area contributed by atoms with Gasteiger partial charge in [0.05, 0.1) is 6.04 Å². The number of benzene rings is 2. The van der Waals surface area contributed by atoms with Crippen LogP contribution in [0.25, 0.3) is 0 Å². The molecular formula is C27H33N3O5. The normalized spacial score (nSPS) is 18.8. The summed E-state index contributed by atoms with van der Waals surface area (Å²) in [4.78, 5) is 44.2. The molecule has 2 saturated heterocycles. The van der Waals surface area contributed by atoms with E-state index in [1.165, 1.54) is 0 Å². The van der Waals surface area contributed by atoms with Gasteiger partial charge >= 0.3 is 18.1 Å². The molecule has 2 heterocycles. The number of piperazine rings is 1. The van der Waals surface area contributed by atoms with Gasteiger partial charge in [0.15, 0.2) is 0 Å². The molecule has 2 fully saturated rings. The molecule has 0 radical (unpaired) electrons. The molecule has 0 saturated carbocycles. The van der Waals surface area contributed by atoms with Gasteiger partial charge in [-0.25, -0.2) is 14.4 Å². The van der Waals surface area contributed by atoms with E-state index in [1.807, 2.05) is 81.4 Å². The number of carbonyl (C=O) groups excluding carboxylic acids is 3. The summed E-state index contributed by atoms with van der Waals surface area (Å²) in [6.07, 6.45) is -0.0255. The number of fused-ring (bicyclic) bond motifs is 1. The van der Waals surface area contributed by atoms with Crippen molar-refractivity contribution >= 4 is 18.1 Å². The predicted octanol–water partition coefficient (Wildman–Crippen LogP) is 3.70. The third-order valence-corrected chi connectivity index (χ3v) is 6.18. The van der Waals surface area contributed by atoms with Crippen LogP contribution in [0.4, 0.5) is 9.59 Å². The minimum absolute atomic E-state index is 0.145. The van der Waals surface area contributed by atoms with Gasteiger partial charge in [-0.3, -0.25) is 0 Å². The molecule has 186 valence electrons. The Labute approximate surface area is 206 Å². The van der Waals surface area contributed by atoms with Gasteiger partial charge in [-0.1, -0.05) is 60.7 Å². The van der Waals surface area contributed by atoms with Crippen LogP contribution in [0.2, 0.25) is 0 Å². The molecule has 3 amide bonds. The topological polar surface area (TPSA) is 79.4 Å². The molecule has 2 aromatic rings. The van der Waals surface area contributed by atoms with Crippen molar-refractivity contribution in [3.8, 4) is 0 Å². The quantitative estimate of drug-likeness (QED) is 0.591. The molecule has 35 heavy (non-hydrogen) atoms.